The molecule has 0 saturated heterocycles. The van der Waals surface area contributed by atoms with Crippen molar-refractivity contribution in [2.45, 2.75) is 32.7 Å². The van der Waals surface area contributed by atoms with Crippen molar-refractivity contribution in [1.82, 2.24) is 24.4 Å². The zero-order valence-corrected chi connectivity index (χ0v) is 20.3. The van der Waals surface area contributed by atoms with Gasteiger partial charge in [-0.1, -0.05) is 29.8 Å². The first-order valence-corrected chi connectivity index (χ1v) is 11.5. The number of aromatic nitrogens is 4. The number of likely N-dealkylation sites (N-methyl/N-ethyl adjacent to an activating group) is 1. The van der Waals surface area contributed by atoms with Crippen molar-refractivity contribution in [1.29, 1.82) is 0 Å². The summed E-state index contributed by atoms with van der Waals surface area (Å²) in [5, 5.41) is 4.13. The molecule has 0 radical (unpaired) electrons. The van der Waals surface area contributed by atoms with Gasteiger partial charge in [-0.3, -0.25) is 4.90 Å². The molecule has 9 heteroatoms. The first-order chi connectivity index (χ1) is 16.2. The number of anilines is 3. The van der Waals surface area contributed by atoms with Crippen LogP contribution in [-0.2, 0) is 12.0 Å². The summed E-state index contributed by atoms with van der Waals surface area (Å²) in [5.74, 6) is 0.537. The Labute approximate surface area is 202 Å². The molecule has 4 aromatic rings. The lowest BCUT2D eigenvalue weighted by atomic mass is 9.83. The van der Waals surface area contributed by atoms with Crippen molar-refractivity contribution in [3.8, 4) is 5.69 Å². The summed E-state index contributed by atoms with van der Waals surface area (Å²) in [6, 6.07) is 11.7. The predicted molar refractivity (Wildman–Crippen MR) is 136 cm³/mol. The highest BCUT2D eigenvalue weighted by Gasteiger charge is 2.31. The molecular weight excluding hydrogens is 450 g/mol. The maximum absolute atomic E-state index is 12.9. The van der Waals surface area contributed by atoms with E-state index >= 15 is 0 Å². The van der Waals surface area contributed by atoms with Gasteiger partial charge >= 0.3 is 5.69 Å². The summed E-state index contributed by atoms with van der Waals surface area (Å²) in [6.45, 7) is 7.32. The van der Waals surface area contributed by atoms with Crippen molar-refractivity contribution in [3.63, 3.8) is 0 Å². The lowest BCUT2D eigenvalue weighted by molar-refractivity contribution is 0.143. The van der Waals surface area contributed by atoms with Gasteiger partial charge in [-0.05, 0) is 69.1 Å². The molecular formula is C25H26ClN7O. The Hall–Kier alpha value is -3.49. The van der Waals surface area contributed by atoms with E-state index in [9.17, 15) is 4.79 Å². The quantitative estimate of drug-likeness (QED) is 0.458. The molecule has 3 N–H and O–H groups in total. The summed E-state index contributed by atoms with van der Waals surface area (Å²) in [5.41, 5.74) is 10.8. The third kappa shape index (κ3) is 3.59. The lowest BCUT2D eigenvalue weighted by Gasteiger charge is -2.41. The van der Waals surface area contributed by atoms with Crippen LogP contribution in [0.4, 0.5) is 17.5 Å². The van der Waals surface area contributed by atoms with Gasteiger partial charge in [0.2, 0.25) is 5.95 Å². The Kier molecular flexibility index (Phi) is 5.30. The summed E-state index contributed by atoms with van der Waals surface area (Å²) in [6.07, 6.45) is 2.55. The van der Waals surface area contributed by atoms with Gasteiger partial charge in [0.05, 0.1) is 16.1 Å². The summed E-state index contributed by atoms with van der Waals surface area (Å²) < 4.78 is 1.30. The van der Waals surface area contributed by atoms with Crippen LogP contribution in [0.3, 0.4) is 0 Å². The molecule has 174 valence electrons. The van der Waals surface area contributed by atoms with Crippen LogP contribution >= 0.6 is 11.6 Å². The lowest BCUT2D eigenvalue weighted by Crippen LogP contribution is -2.43. The monoisotopic (exact) mass is 475 g/mol. The smallest absolute Gasteiger partial charge is 0.355 e. The number of fused-ring (bicyclic) bond motifs is 2. The average Bonchev–Trinajstić information content (AvgIpc) is 2.78. The third-order valence-electron chi connectivity index (χ3n) is 6.78. The predicted octanol–water partition coefficient (Wildman–Crippen LogP) is 4.19. The maximum atomic E-state index is 12.9. The maximum Gasteiger partial charge on any atom is 0.355 e. The number of nitrogens with two attached hydrogens (primary N) is 1. The SMILES string of the molecule is Cc1cccc(Cl)c1-n1c(N)c2cnc(Nc3ccc4c(c3)CCN(C)C4(C)C)nc2nc1=O. The van der Waals surface area contributed by atoms with Gasteiger partial charge < -0.3 is 11.1 Å². The molecule has 1 aliphatic heterocycles. The van der Waals surface area contributed by atoms with E-state index in [0.717, 1.165) is 24.2 Å². The van der Waals surface area contributed by atoms with Crippen LogP contribution in [0.25, 0.3) is 16.7 Å². The first kappa shape index (κ1) is 22.3. The highest BCUT2D eigenvalue weighted by molar-refractivity contribution is 6.32. The molecule has 0 amide bonds. The van der Waals surface area contributed by atoms with Crippen LogP contribution in [0.1, 0.15) is 30.5 Å². The topological polar surface area (TPSA) is 102 Å². The molecule has 1 aliphatic rings. The molecule has 3 heterocycles. The van der Waals surface area contributed by atoms with Crippen LogP contribution in [-0.4, -0.2) is 38.0 Å². The minimum atomic E-state index is -0.550. The zero-order chi connectivity index (χ0) is 24.2. The Morgan fingerprint density at radius 3 is 2.74 bits per heavy atom. The minimum Gasteiger partial charge on any atom is -0.384 e. The summed E-state index contributed by atoms with van der Waals surface area (Å²) in [7, 11) is 2.15. The van der Waals surface area contributed by atoms with E-state index in [1.165, 1.54) is 15.7 Å². The average molecular weight is 476 g/mol. The molecule has 0 aliphatic carbocycles. The van der Waals surface area contributed by atoms with Crippen LogP contribution < -0.4 is 16.7 Å². The molecule has 2 aromatic carbocycles. The fourth-order valence-corrected chi connectivity index (χ4v) is 4.87. The number of nitrogens with zero attached hydrogens (tertiary/aromatic N) is 5. The Bertz CT molecular complexity index is 1470. The molecule has 0 bridgehead atoms. The number of nitrogens with one attached hydrogen (secondary N) is 1. The molecule has 0 saturated carbocycles. The Morgan fingerprint density at radius 1 is 1.18 bits per heavy atom. The van der Waals surface area contributed by atoms with E-state index in [1.807, 2.05) is 25.1 Å². The number of hydrogen-bond donors (Lipinski definition) is 2. The minimum absolute atomic E-state index is 0.0209. The number of halogens is 1. The van der Waals surface area contributed by atoms with Gasteiger partial charge in [-0.15, -0.1) is 0 Å². The molecule has 0 fully saturated rings. The van der Waals surface area contributed by atoms with Gasteiger partial charge in [0, 0.05) is 24.0 Å². The summed E-state index contributed by atoms with van der Waals surface area (Å²) >= 11 is 6.36. The van der Waals surface area contributed by atoms with Crippen LogP contribution in [0.15, 0.2) is 47.4 Å². The molecule has 2 aromatic heterocycles. The second-order valence-corrected chi connectivity index (χ2v) is 9.59. The van der Waals surface area contributed by atoms with Crippen LogP contribution in [0.5, 0.6) is 0 Å². The Balaban J connectivity index is 1.52. The number of aryl methyl sites for hydroxylation is 1. The second-order valence-electron chi connectivity index (χ2n) is 9.18. The fraction of sp³-hybridized carbons (Fsp3) is 0.280. The van der Waals surface area contributed by atoms with Crippen molar-refractivity contribution in [3.05, 3.63) is 74.8 Å². The second kappa shape index (κ2) is 8.07. The Morgan fingerprint density at radius 2 is 1.97 bits per heavy atom. The number of hydrogen-bond acceptors (Lipinski definition) is 7. The molecule has 0 atom stereocenters. The first-order valence-electron chi connectivity index (χ1n) is 11.1. The highest BCUT2D eigenvalue weighted by Crippen LogP contribution is 2.35. The number of nitrogen functional groups attached to an aromatic ring is 1. The van der Waals surface area contributed by atoms with Gasteiger partial charge in [0.25, 0.3) is 0 Å². The van der Waals surface area contributed by atoms with Crippen molar-refractivity contribution in [2.75, 3.05) is 24.6 Å². The molecule has 8 nitrogen and oxygen atoms in total. The summed E-state index contributed by atoms with van der Waals surface area (Å²) in [4.78, 5) is 28.3. The van der Waals surface area contributed by atoms with Gasteiger partial charge in [0.15, 0.2) is 5.65 Å². The van der Waals surface area contributed by atoms with E-state index in [-0.39, 0.29) is 17.0 Å². The normalized spacial score (nSPS) is 15.3. The van der Waals surface area contributed by atoms with E-state index in [1.54, 1.807) is 12.3 Å². The van der Waals surface area contributed by atoms with E-state index in [2.05, 4.69) is 58.2 Å². The van der Waals surface area contributed by atoms with Crippen molar-refractivity contribution < 1.29 is 0 Å². The van der Waals surface area contributed by atoms with Crippen LogP contribution in [0.2, 0.25) is 5.02 Å². The molecule has 34 heavy (non-hydrogen) atoms. The van der Waals surface area contributed by atoms with Crippen molar-refractivity contribution >= 4 is 40.1 Å². The zero-order valence-electron chi connectivity index (χ0n) is 19.6. The van der Waals surface area contributed by atoms with E-state index in [0.29, 0.717) is 22.0 Å². The fourth-order valence-electron chi connectivity index (χ4n) is 4.56. The highest BCUT2D eigenvalue weighted by atomic mass is 35.5. The van der Waals surface area contributed by atoms with Gasteiger partial charge in [0.1, 0.15) is 5.82 Å². The van der Waals surface area contributed by atoms with Crippen LogP contribution in [0, 0.1) is 6.92 Å². The number of benzene rings is 2. The molecule has 0 unspecified atom stereocenters. The molecule has 5 rings (SSSR count). The van der Waals surface area contributed by atoms with Crippen molar-refractivity contribution in [2.24, 2.45) is 0 Å². The molecule has 0 spiro atoms. The van der Waals surface area contributed by atoms with E-state index in [4.69, 9.17) is 17.3 Å². The van der Waals surface area contributed by atoms with Gasteiger partial charge in [-0.25, -0.2) is 14.3 Å². The number of para-hydroxylation sites is 1. The largest absolute Gasteiger partial charge is 0.384 e. The third-order valence-corrected chi connectivity index (χ3v) is 7.09. The van der Waals surface area contributed by atoms with Gasteiger partial charge in [-0.2, -0.15) is 9.97 Å². The standard InChI is InChI=1S/C25H26ClN7O/c1-14-6-5-7-19(26)20(14)33-21(27)17-13-28-23(30-22(17)31-24(33)34)29-16-8-9-18-15(12-16)10-11-32(4)25(18,2)3/h5-9,12-13H,10-11,27H2,1-4H3,(H,29,30,31,34). The van der Waals surface area contributed by atoms with E-state index < -0.39 is 5.69 Å². The number of rotatable bonds is 3.